The van der Waals surface area contributed by atoms with E-state index in [9.17, 15) is 5.26 Å². The number of rotatable bonds is 5. The standard InChI is InChI=1S/C51H31N3/c52-32-33-18-20-36(21-19-33)48-31-49(54-51(53-48)38-11-2-1-3-12-38)37-24-22-35(23-25-37)41-28-29-45(44-17-9-8-16-43(41)44)50-42-15-7-5-13-39(42)30-47-40-14-6-4-10-34(40)26-27-46(47)50/h1-31H. The smallest absolute Gasteiger partial charge is 0.160 e. The molecule has 54 heavy (non-hydrogen) atoms. The summed E-state index contributed by atoms with van der Waals surface area (Å²) in [6.07, 6.45) is 0. The summed E-state index contributed by atoms with van der Waals surface area (Å²) in [5.74, 6) is 0.659. The second-order valence-corrected chi connectivity index (χ2v) is 13.7. The monoisotopic (exact) mass is 685 g/mol. The molecule has 10 aromatic rings. The average Bonchev–Trinajstić information content (AvgIpc) is 3.25. The van der Waals surface area contributed by atoms with Crippen molar-refractivity contribution in [1.29, 1.82) is 5.26 Å². The van der Waals surface area contributed by atoms with Gasteiger partial charge in [-0.15, -0.1) is 0 Å². The maximum Gasteiger partial charge on any atom is 0.160 e. The van der Waals surface area contributed by atoms with Gasteiger partial charge >= 0.3 is 0 Å². The fourth-order valence-electron chi connectivity index (χ4n) is 7.87. The minimum Gasteiger partial charge on any atom is -0.228 e. The second kappa shape index (κ2) is 13.0. The summed E-state index contributed by atoms with van der Waals surface area (Å²) in [6, 6.07) is 68.2. The minimum atomic E-state index is 0.617. The number of hydrogen-bond acceptors (Lipinski definition) is 3. The zero-order chi connectivity index (χ0) is 36.0. The number of fused-ring (bicyclic) bond motifs is 5. The summed E-state index contributed by atoms with van der Waals surface area (Å²) in [5, 5.41) is 19.3. The lowest BCUT2D eigenvalue weighted by molar-refractivity contribution is 1.18. The van der Waals surface area contributed by atoms with Crippen molar-refractivity contribution in [3.8, 4) is 62.2 Å². The molecule has 1 heterocycles. The van der Waals surface area contributed by atoms with Crippen molar-refractivity contribution < 1.29 is 0 Å². The van der Waals surface area contributed by atoms with Crippen molar-refractivity contribution in [2.24, 2.45) is 0 Å². The fraction of sp³-hybridized carbons (Fsp3) is 0. The molecule has 0 spiro atoms. The van der Waals surface area contributed by atoms with E-state index in [0.29, 0.717) is 11.4 Å². The molecule has 0 unspecified atom stereocenters. The third-order valence-corrected chi connectivity index (χ3v) is 10.5. The lowest BCUT2D eigenvalue weighted by atomic mass is 9.86. The Hall–Kier alpha value is -7.41. The van der Waals surface area contributed by atoms with Gasteiger partial charge in [-0.1, -0.05) is 164 Å². The van der Waals surface area contributed by atoms with E-state index < -0.39 is 0 Å². The molecular weight excluding hydrogens is 655 g/mol. The van der Waals surface area contributed by atoms with Gasteiger partial charge in [-0.2, -0.15) is 5.26 Å². The topological polar surface area (TPSA) is 49.6 Å². The largest absolute Gasteiger partial charge is 0.228 e. The van der Waals surface area contributed by atoms with Gasteiger partial charge in [0.2, 0.25) is 0 Å². The van der Waals surface area contributed by atoms with Gasteiger partial charge in [-0.05, 0) is 89.6 Å². The summed E-state index contributed by atoms with van der Waals surface area (Å²) in [6.45, 7) is 0. The van der Waals surface area contributed by atoms with Crippen LogP contribution in [-0.2, 0) is 0 Å². The Morgan fingerprint density at radius 3 is 1.61 bits per heavy atom. The van der Waals surface area contributed by atoms with Crippen molar-refractivity contribution in [3.63, 3.8) is 0 Å². The molecule has 3 nitrogen and oxygen atoms in total. The lowest BCUT2D eigenvalue weighted by Crippen LogP contribution is -1.96. The molecule has 0 aliphatic heterocycles. The summed E-state index contributed by atoms with van der Waals surface area (Å²) in [7, 11) is 0. The highest BCUT2D eigenvalue weighted by molar-refractivity contribution is 6.23. The van der Waals surface area contributed by atoms with E-state index in [1.807, 2.05) is 60.7 Å². The second-order valence-electron chi connectivity index (χ2n) is 13.7. The van der Waals surface area contributed by atoms with Crippen LogP contribution in [-0.4, -0.2) is 9.97 Å². The van der Waals surface area contributed by atoms with Gasteiger partial charge in [-0.3, -0.25) is 0 Å². The molecule has 0 saturated heterocycles. The minimum absolute atomic E-state index is 0.617. The van der Waals surface area contributed by atoms with E-state index in [4.69, 9.17) is 9.97 Å². The average molecular weight is 686 g/mol. The highest BCUT2D eigenvalue weighted by atomic mass is 14.9. The van der Waals surface area contributed by atoms with Crippen LogP contribution in [0.3, 0.4) is 0 Å². The summed E-state index contributed by atoms with van der Waals surface area (Å²) >= 11 is 0. The Morgan fingerprint density at radius 2 is 0.907 bits per heavy atom. The Labute approximate surface area is 313 Å². The first kappa shape index (κ1) is 31.3. The highest BCUT2D eigenvalue weighted by Gasteiger charge is 2.17. The van der Waals surface area contributed by atoms with Crippen LogP contribution in [0.15, 0.2) is 188 Å². The summed E-state index contributed by atoms with van der Waals surface area (Å²) in [5.41, 5.74) is 9.97. The van der Waals surface area contributed by atoms with Crippen LogP contribution in [0.25, 0.3) is 99.2 Å². The molecule has 9 aromatic carbocycles. The van der Waals surface area contributed by atoms with Crippen LogP contribution in [0.1, 0.15) is 5.56 Å². The van der Waals surface area contributed by atoms with E-state index in [0.717, 1.165) is 33.6 Å². The van der Waals surface area contributed by atoms with Gasteiger partial charge in [0.15, 0.2) is 5.82 Å². The predicted molar refractivity (Wildman–Crippen MR) is 224 cm³/mol. The first-order valence-electron chi connectivity index (χ1n) is 18.1. The Morgan fingerprint density at radius 1 is 0.352 bits per heavy atom. The zero-order valence-corrected chi connectivity index (χ0v) is 29.2. The number of nitrogens with zero attached hydrogens (tertiary/aromatic N) is 3. The van der Waals surface area contributed by atoms with Gasteiger partial charge in [0.25, 0.3) is 0 Å². The van der Waals surface area contributed by atoms with Crippen molar-refractivity contribution in [2.75, 3.05) is 0 Å². The van der Waals surface area contributed by atoms with Crippen molar-refractivity contribution in [1.82, 2.24) is 9.97 Å². The molecule has 0 aliphatic rings. The molecule has 0 saturated carbocycles. The van der Waals surface area contributed by atoms with Gasteiger partial charge in [0.05, 0.1) is 23.0 Å². The van der Waals surface area contributed by atoms with Crippen molar-refractivity contribution in [2.45, 2.75) is 0 Å². The maximum atomic E-state index is 9.35. The highest BCUT2D eigenvalue weighted by Crippen LogP contribution is 2.44. The third kappa shape index (κ3) is 5.37. The molecule has 0 N–H and O–H groups in total. The van der Waals surface area contributed by atoms with Crippen LogP contribution in [0.4, 0.5) is 0 Å². The SMILES string of the molecule is N#Cc1ccc(-c2cc(-c3ccc(-c4ccc(-c5c6ccccc6cc6c5ccc5ccccc56)c5ccccc45)cc3)nc(-c3ccccc3)n2)cc1. The van der Waals surface area contributed by atoms with Crippen molar-refractivity contribution >= 4 is 43.1 Å². The quantitative estimate of drug-likeness (QED) is 0.134. The Kier molecular flexibility index (Phi) is 7.53. The van der Waals surface area contributed by atoms with Gasteiger partial charge in [0.1, 0.15) is 0 Å². The molecule has 1 aromatic heterocycles. The Bertz CT molecular complexity index is 3080. The van der Waals surface area contributed by atoms with E-state index in [-0.39, 0.29) is 0 Å². The molecule has 0 aliphatic carbocycles. The van der Waals surface area contributed by atoms with Crippen LogP contribution >= 0.6 is 0 Å². The maximum absolute atomic E-state index is 9.35. The van der Waals surface area contributed by atoms with Crippen molar-refractivity contribution in [3.05, 3.63) is 194 Å². The summed E-state index contributed by atoms with van der Waals surface area (Å²) in [4.78, 5) is 9.98. The van der Waals surface area contributed by atoms with Gasteiger partial charge < -0.3 is 0 Å². The van der Waals surface area contributed by atoms with Crippen LogP contribution < -0.4 is 0 Å². The molecule has 250 valence electrons. The van der Waals surface area contributed by atoms with E-state index in [2.05, 4.69) is 133 Å². The Balaban J connectivity index is 1.10. The first-order valence-corrected chi connectivity index (χ1v) is 18.1. The first-order chi connectivity index (χ1) is 26.7. The third-order valence-electron chi connectivity index (χ3n) is 10.5. The molecular formula is C51H31N3. The lowest BCUT2D eigenvalue weighted by Gasteiger charge is -2.17. The van der Waals surface area contributed by atoms with Crippen LogP contribution in [0.2, 0.25) is 0 Å². The zero-order valence-electron chi connectivity index (χ0n) is 29.2. The number of benzene rings is 9. The van der Waals surface area contributed by atoms with Gasteiger partial charge in [-0.25, -0.2) is 9.97 Å². The molecule has 0 bridgehead atoms. The predicted octanol–water partition coefficient (Wildman–Crippen LogP) is 13.3. The molecule has 10 rings (SSSR count). The fourth-order valence-corrected chi connectivity index (χ4v) is 7.87. The summed E-state index contributed by atoms with van der Waals surface area (Å²) < 4.78 is 0. The molecule has 0 fully saturated rings. The number of hydrogen-bond donors (Lipinski definition) is 0. The van der Waals surface area contributed by atoms with Crippen LogP contribution in [0.5, 0.6) is 0 Å². The van der Waals surface area contributed by atoms with E-state index in [1.54, 1.807) is 0 Å². The molecule has 0 atom stereocenters. The normalized spacial score (nSPS) is 11.3. The van der Waals surface area contributed by atoms with E-state index in [1.165, 1.54) is 59.8 Å². The van der Waals surface area contributed by atoms with E-state index >= 15 is 0 Å². The number of aromatic nitrogens is 2. The molecule has 0 amide bonds. The number of nitriles is 1. The molecule has 0 radical (unpaired) electrons. The molecule has 3 heteroatoms. The van der Waals surface area contributed by atoms with Gasteiger partial charge in [0, 0.05) is 16.7 Å². The van der Waals surface area contributed by atoms with Crippen LogP contribution in [0, 0.1) is 11.3 Å².